The first-order chi connectivity index (χ1) is 7.06. The summed E-state index contributed by atoms with van der Waals surface area (Å²) in [4.78, 5) is 13.3. The highest BCUT2D eigenvalue weighted by atomic mass is 16.4. The Morgan fingerprint density at radius 3 is 2.67 bits per heavy atom. The van der Waals surface area contributed by atoms with Crippen LogP contribution in [0.25, 0.3) is 0 Å². The zero-order valence-electron chi connectivity index (χ0n) is 10.1. The van der Waals surface area contributed by atoms with Gasteiger partial charge in [-0.1, -0.05) is 20.8 Å². The largest absolute Gasteiger partial charge is 0.481 e. The van der Waals surface area contributed by atoms with Crippen LogP contribution in [-0.4, -0.2) is 35.1 Å². The van der Waals surface area contributed by atoms with Gasteiger partial charge in [0, 0.05) is 12.6 Å². The molecule has 1 aliphatic heterocycles. The molecule has 1 N–H and O–H groups in total. The smallest absolute Gasteiger partial charge is 0.307 e. The fourth-order valence-electron chi connectivity index (χ4n) is 2.66. The minimum absolute atomic E-state index is 0.147. The van der Waals surface area contributed by atoms with E-state index in [4.69, 9.17) is 5.11 Å². The lowest BCUT2D eigenvalue weighted by Gasteiger charge is -2.38. The van der Waals surface area contributed by atoms with E-state index in [1.165, 1.54) is 0 Å². The van der Waals surface area contributed by atoms with Gasteiger partial charge in [0.25, 0.3) is 0 Å². The molecule has 2 unspecified atom stereocenters. The van der Waals surface area contributed by atoms with Gasteiger partial charge in [-0.15, -0.1) is 0 Å². The molecule has 3 nitrogen and oxygen atoms in total. The van der Waals surface area contributed by atoms with E-state index in [-0.39, 0.29) is 5.92 Å². The minimum atomic E-state index is -0.627. The molecule has 3 heteroatoms. The van der Waals surface area contributed by atoms with Crippen LogP contribution in [0.15, 0.2) is 0 Å². The van der Waals surface area contributed by atoms with E-state index >= 15 is 0 Å². The average molecular weight is 213 g/mol. The summed E-state index contributed by atoms with van der Waals surface area (Å²) in [6.07, 6.45) is 2.99. The van der Waals surface area contributed by atoms with Crippen LogP contribution in [0, 0.1) is 11.8 Å². The summed E-state index contributed by atoms with van der Waals surface area (Å²) in [6, 6.07) is 0.548. The number of carboxylic acid groups (broad SMARTS) is 1. The standard InChI is InChI=1S/C12H23NO2/c1-4-11(9(2)3)13-7-5-6-10(8-13)12(14)15/h9-11H,4-8H2,1-3H3,(H,14,15). The molecule has 2 atom stereocenters. The van der Waals surface area contributed by atoms with Crippen molar-refractivity contribution in [2.24, 2.45) is 11.8 Å². The van der Waals surface area contributed by atoms with Crippen molar-refractivity contribution < 1.29 is 9.90 Å². The first kappa shape index (κ1) is 12.5. The van der Waals surface area contributed by atoms with E-state index in [0.29, 0.717) is 12.0 Å². The molecule has 1 saturated heterocycles. The van der Waals surface area contributed by atoms with Gasteiger partial charge >= 0.3 is 5.97 Å². The minimum Gasteiger partial charge on any atom is -0.481 e. The van der Waals surface area contributed by atoms with Gasteiger partial charge in [-0.3, -0.25) is 9.69 Å². The van der Waals surface area contributed by atoms with Gasteiger partial charge in [0.2, 0.25) is 0 Å². The first-order valence-electron chi connectivity index (χ1n) is 6.03. The Balaban J connectivity index is 2.58. The van der Waals surface area contributed by atoms with Crippen molar-refractivity contribution in [3.63, 3.8) is 0 Å². The first-order valence-corrected chi connectivity index (χ1v) is 6.03. The number of nitrogens with zero attached hydrogens (tertiary/aromatic N) is 1. The van der Waals surface area contributed by atoms with Crippen LogP contribution < -0.4 is 0 Å². The summed E-state index contributed by atoms with van der Waals surface area (Å²) in [6.45, 7) is 8.44. The van der Waals surface area contributed by atoms with E-state index in [1.54, 1.807) is 0 Å². The number of likely N-dealkylation sites (tertiary alicyclic amines) is 1. The molecule has 0 spiro atoms. The quantitative estimate of drug-likeness (QED) is 0.778. The Morgan fingerprint density at radius 1 is 1.53 bits per heavy atom. The second-order valence-corrected chi connectivity index (χ2v) is 4.89. The van der Waals surface area contributed by atoms with E-state index in [9.17, 15) is 4.79 Å². The lowest BCUT2D eigenvalue weighted by atomic mass is 9.92. The molecule has 0 aromatic heterocycles. The zero-order chi connectivity index (χ0) is 11.4. The molecular weight excluding hydrogens is 190 g/mol. The number of carbonyl (C=O) groups is 1. The van der Waals surface area contributed by atoms with Crippen LogP contribution >= 0.6 is 0 Å². The summed E-state index contributed by atoms with van der Waals surface area (Å²) in [7, 11) is 0. The highest BCUT2D eigenvalue weighted by Gasteiger charge is 2.29. The van der Waals surface area contributed by atoms with Crippen molar-refractivity contribution in [2.75, 3.05) is 13.1 Å². The molecule has 0 amide bonds. The molecule has 1 aliphatic rings. The Kier molecular flexibility index (Phi) is 4.58. The number of hydrogen-bond acceptors (Lipinski definition) is 2. The number of hydrogen-bond donors (Lipinski definition) is 1. The second-order valence-electron chi connectivity index (χ2n) is 4.89. The van der Waals surface area contributed by atoms with Crippen molar-refractivity contribution >= 4 is 5.97 Å². The van der Waals surface area contributed by atoms with Gasteiger partial charge in [0.1, 0.15) is 0 Å². The third-order valence-electron chi connectivity index (χ3n) is 3.46. The van der Waals surface area contributed by atoms with Crippen LogP contribution in [0.5, 0.6) is 0 Å². The molecular formula is C12H23NO2. The zero-order valence-corrected chi connectivity index (χ0v) is 10.1. The molecule has 0 aromatic rings. The van der Waals surface area contributed by atoms with E-state index in [0.717, 1.165) is 32.4 Å². The Morgan fingerprint density at radius 2 is 2.20 bits per heavy atom. The van der Waals surface area contributed by atoms with E-state index < -0.39 is 5.97 Å². The Labute approximate surface area is 92.5 Å². The molecule has 0 bridgehead atoms. The number of piperidine rings is 1. The van der Waals surface area contributed by atoms with Gasteiger partial charge in [-0.05, 0) is 31.7 Å². The summed E-state index contributed by atoms with van der Waals surface area (Å²) < 4.78 is 0. The third-order valence-corrected chi connectivity index (χ3v) is 3.46. The van der Waals surface area contributed by atoms with Gasteiger partial charge in [0.15, 0.2) is 0 Å². The topological polar surface area (TPSA) is 40.5 Å². The van der Waals surface area contributed by atoms with Crippen LogP contribution in [0.4, 0.5) is 0 Å². The van der Waals surface area contributed by atoms with Crippen molar-refractivity contribution in [2.45, 2.75) is 46.1 Å². The van der Waals surface area contributed by atoms with Crippen molar-refractivity contribution in [3.8, 4) is 0 Å². The number of carboxylic acids is 1. The maximum atomic E-state index is 11.0. The summed E-state index contributed by atoms with van der Waals surface area (Å²) in [5.74, 6) is -0.160. The van der Waals surface area contributed by atoms with Crippen LogP contribution in [0.1, 0.15) is 40.0 Å². The average Bonchev–Trinajstić information content (AvgIpc) is 2.18. The number of rotatable bonds is 4. The van der Waals surface area contributed by atoms with E-state index in [2.05, 4.69) is 25.7 Å². The molecule has 88 valence electrons. The lowest BCUT2D eigenvalue weighted by molar-refractivity contribution is -0.144. The van der Waals surface area contributed by atoms with Gasteiger partial charge in [-0.2, -0.15) is 0 Å². The highest BCUT2D eigenvalue weighted by molar-refractivity contribution is 5.70. The van der Waals surface area contributed by atoms with Crippen molar-refractivity contribution in [3.05, 3.63) is 0 Å². The SMILES string of the molecule is CCC(C(C)C)N1CCCC(C(=O)O)C1. The summed E-state index contributed by atoms with van der Waals surface area (Å²) in [5.41, 5.74) is 0. The van der Waals surface area contributed by atoms with Crippen molar-refractivity contribution in [1.29, 1.82) is 0 Å². The van der Waals surface area contributed by atoms with Gasteiger partial charge in [-0.25, -0.2) is 0 Å². The monoisotopic (exact) mass is 213 g/mol. The molecule has 1 rings (SSSR count). The maximum absolute atomic E-state index is 11.0. The fraction of sp³-hybridized carbons (Fsp3) is 0.917. The summed E-state index contributed by atoms with van der Waals surface area (Å²) >= 11 is 0. The molecule has 0 radical (unpaired) electrons. The van der Waals surface area contributed by atoms with Crippen LogP contribution in [0.3, 0.4) is 0 Å². The number of aliphatic carboxylic acids is 1. The molecule has 1 heterocycles. The molecule has 15 heavy (non-hydrogen) atoms. The Bertz CT molecular complexity index is 216. The molecule has 1 fully saturated rings. The predicted molar refractivity (Wildman–Crippen MR) is 60.8 cm³/mol. The Hall–Kier alpha value is -0.570. The van der Waals surface area contributed by atoms with Crippen LogP contribution in [0.2, 0.25) is 0 Å². The van der Waals surface area contributed by atoms with Crippen molar-refractivity contribution in [1.82, 2.24) is 4.90 Å². The third kappa shape index (κ3) is 3.20. The lowest BCUT2D eigenvalue weighted by Crippen LogP contribution is -2.46. The summed E-state index contributed by atoms with van der Waals surface area (Å²) in [5, 5.41) is 9.02. The van der Waals surface area contributed by atoms with Crippen LogP contribution in [-0.2, 0) is 4.79 Å². The predicted octanol–water partition coefficient (Wildman–Crippen LogP) is 2.22. The molecule has 0 aliphatic carbocycles. The fourth-order valence-corrected chi connectivity index (χ4v) is 2.66. The highest BCUT2D eigenvalue weighted by Crippen LogP contribution is 2.23. The van der Waals surface area contributed by atoms with E-state index in [1.807, 2.05) is 0 Å². The van der Waals surface area contributed by atoms with Gasteiger partial charge < -0.3 is 5.11 Å². The second kappa shape index (κ2) is 5.50. The maximum Gasteiger partial charge on any atom is 0.307 e. The molecule has 0 saturated carbocycles. The van der Waals surface area contributed by atoms with Gasteiger partial charge in [0.05, 0.1) is 5.92 Å². The normalized spacial score (nSPS) is 25.5. The molecule has 0 aromatic carbocycles.